The van der Waals surface area contributed by atoms with E-state index >= 15 is 0 Å². The van der Waals surface area contributed by atoms with Gasteiger partial charge in [-0.05, 0) is 55.2 Å². The van der Waals surface area contributed by atoms with E-state index in [9.17, 15) is 0 Å². The maximum atomic E-state index is 4.70. The third-order valence-corrected chi connectivity index (χ3v) is 4.93. The lowest BCUT2D eigenvalue weighted by atomic mass is 10.1. The first-order valence-corrected chi connectivity index (χ1v) is 8.52. The second-order valence-corrected chi connectivity index (χ2v) is 6.21. The third kappa shape index (κ3) is 3.82. The van der Waals surface area contributed by atoms with Crippen LogP contribution in [0.1, 0.15) is 57.3 Å². The largest absolute Gasteiger partial charge is 0.297 e. The predicted octanol–water partition coefficient (Wildman–Crippen LogP) is 3.99. The fourth-order valence-electron chi connectivity index (χ4n) is 2.85. The highest BCUT2D eigenvalue weighted by Gasteiger charge is 2.17. The van der Waals surface area contributed by atoms with Gasteiger partial charge in [-0.3, -0.25) is 9.58 Å². The van der Waals surface area contributed by atoms with Gasteiger partial charge in [-0.25, -0.2) is 0 Å². The average Bonchev–Trinajstić information content (AvgIpc) is 2.69. The summed E-state index contributed by atoms with van der Waals surface area (Å²) in [5, 5.41) is 4.70. The second-order valence-electron chi connectivity index (χ2n) is 5.42. The van der Waals surface area contributed by atoms with Gasteiger partial charge in [0.2, 0.25) is 0 Å². The SMILES string of the molecule is CCc1nn(CC)c(CN2CCCCCCC2)c1Br. The molecular formula is C15H26BrN3. The molecule has 0 spiro atoms. The first kappa shape index (κ1) is 15.0. The van der Waals surface area contributed by atoms with Crippen LogP contribution in [-0.4, -0.2) is 27.8 Å². The highest BCUT2D eigenvalue weighted by Crippen LogP contribution is 2.24. The van der Waals surface area contributed by atoms with E-state index in [1.165, 1.54) is 61.1 Å². The standard InChI is InChI=1S/C15H26BrN3/c1-3-13-15(16)14(19(4-2)17-13)12-18-10-8-6-5-7-9-11-18/h3-12H2,1-2H3. The Morgan fingerprint density at radius 3 is 2.26 bits per heavy atom. The van der Waals surface area contributed by atoms with E-state index < -0.39 is 0 Å². The van der Waals surface area contributed by atoms with Crippen LogP contribution in [0.15, 0.2) is 4.47 Å². The summed E-state index contributed by atoms with van der Waals surface area (Å²) in [4.78, 5) is 2.60. The molecule has 1 aliphatic heterocycles. The van der Waals surface area contributed by atoms with Gasteiger partial charge in [-0.2, -0.15) is 5.10 Å². The molecule has 4 heteroatoms. The van der Waals surface area contributed by atoms with Crippen molar-refractivity contribution in [1.29, 1.82) is 0 Å². The lowest BCUT2D eigenvalue weighted by Gasteiger charge is -2.24. The van der Waals surface area contributed by atoms with Crippen LogP contribution < -0.4 is 0 Å². The molecule has 19 heavy (non-hydrogen) atoms. The highest BCUT2D eigenvalue weighted by atomic mass is 79.9. The van der Waals surface area contributed by atoms with E-state index in [2.05, 4.69) is 39.4 Å². The molecule has 108 valence electrons. The van der Waals surface area contributed by atoms with Crippen molar-refractivity contribution in [3.8, 4) is 0 Å². The molecule has 2 rings (SSSR count). The summed E-state index contributed by atoms with van der Waals surface area (Å²) in [5.41, 5.74) is 2.56. The van der Waals surface area contributed by atoms with Gasteiger partial charge in [0.1, 0.15) is 0 Å². The van der Waals surface area contributed by atoms with Crippen molar-refractivity contribution in [1.82, 2.24) is 14.7 Å². The number of hydrogen-bond donors (Lipinski definition) is 0. The van der Waals surface area contributed by atoms with Crippen molar-refractivity contribution >= 4 is 15.9 Å². The van der Waals surface area contributed by atoms with E-state index in [1.54, 1.807) is 0 Å². The molecule has 0 unspecified atom stereocenters. The zero-order valence-electron chi connectivity index (χ0n) is 12.3. The maximum Gasteiger partial charge on any atom is 0.0767 e. The van der Waals surface area contributed by atoms with Crippen LogP contribution in [0, 0.1) is 0 Å². The van der Waals surface area contributed by atoms with E-state index in [1.807, 2.05) is 0 Å². The maximum absolute atomic E-state index is 4.70. The van der Waals surface area contributed by atoms with Gasteiger partial charge in [-0.15, -0.1) is 0 Å². The number of rotatable bonds is 4. The molecule has 0 amide bonds. The molecule has 0 saturated carbocycles. The minimum absolute atomic E-state index is 0.960. The molecule has 0 atom stereocenters. The Kier molecular flexibility index (Phi) is 5.89. The van der Waals surface area contributed by atoms with Gasteiger partial charge in [-0.1, -0.05) is 26.2 Å². The first-order valence-electron chi connectivity index (χ1n) is 7.72. The summed E-state index contributed by atoms with van der Waals surface area (Å²) in [6, 6.07) is 0. The Hall–Kier alpha value is -0.350. The number of aromatic nitrogens is 2. The molecule has 3 nitrogen and oxygen atoms in total. The molecular weight excluding hydrogens is 302 g/mol. The molecule has 0 bridgehead atoms. The predicted molar refractivity (Wildman–Crippen MR) is 83.3 cm³/mol. The fraction of sp³-hybridized carbons (Fsp3) is 0.800. The van der Waals surface area contributed by atoms with E-state index in [0.717, 1.165) is 19.5 Å². The van der Waals surface area contributed by atoms with Crippen LogP contribution in [-0.2, 0) is 19.5 Å². The molecule has 1 saturated heterocycles. The summed E-state index contributed by atoms with van der Waals surface area (Å²) in [5.74, 6) is 0. The molecule has 1 aromatic heterocycles. The van der Waals surface area contributed by atoms with Crippen molar-refractivity contribution in [3.63, 3.8) is 0 Å². The Bertz CT molecular complexity index is 392. The van der Waals surface area contributed by atoms with Gasteiger partial charge >= 0.3 is 0 Å². The summed E-state index contributed by atoms with van der Waals surface area (Å²) >= 11 is 3.75. The van der Waals surface area contributed by atoms with Crippen LogP contribution >= 0.6 is 15.9 Å². The van der Waals surface area contributed by atoms with Crippen LogP contribution in [0.2, 0.25) is 0 Å². The summed E-state index contributed by atoms with van der Waals surface area (Å²) in [7, 11) is 0. The van der Waals surface area contributed by atoms with Crippen LogP contribution in [0.25, 0.3) is 0 Å². The molecule has 1 aromatic rings. The summed E-state index contributed by atoms with van der Waals surface area (Å²) in [6.45, 7) is 8.83. The number of halogens is 1. The number of likely N-dealkylation sites (tertiary alicyclic amines) is 1. The van der Waals surface area contributed by atoms with Gasteiger partial charge in [0.25, 0.3) is 0 Å². The van der Waals surface area contributed by atoms with Crippen LogP contribution in [0.4, 0.5) is 0 Å². The molecule has 0 N–H and O–H groups in total. The zero-order chi connectivity index (χ0) is 13.7. The lowest BCUT2D eigenvalue weighted by Crippen LogP contribution is -2.28. The van der Waals surface area contributed by atoms with Gasteiger partial charge in [0.15, 0.2) is 0 Å². The molecule has 2 heterocycles. The van der Waals surface area contributed by atoms with Crippen LogP contribution in [0.5, 0.6) is 0 Å². The van der Waals surface area contributed by atoms with Crippen molar-refractivity contribution in [2.75, 3.05) is 13.1 Å². The number of hydrogen-bond acceptors (Lipinski definition) is 2. The molecule has 0 radical (unpaired) electrons. The zero-order valence-corrected chi connectivity index (χ0v) is 13.9. The third-order valence-electron chi connectivity index (χ3n) is 4.02. The lowest BCUT2D eigenvalue weighted by molar-refractivity contribution is 0.233. The topological polar surface area (TPSA) is 21.1 Å². The van der Waals surface area contributed by atoms with Crippen molar-refractivity contribution in [2.45, 2.75) is 65.5 Å². The summed E-state index contributed by atoms with van der Waals surface area (Å²) in [6.07, 6.45) is 7.90. The van der Waals surface area contributed by atoms with Crippen LogP contribution in [0.3, 0.4) is 0 Å². The average molecular weight is 328 g/mol. The molecule has 0 aliphatic carbocycles. The Labute approximate surface area is 125 Å². The van der Waals surface area contributed by atoms with Crippen molar-refractivity contribution in [2.24, 2.45) is 0 Å². The van der Waals surface area contributed by atoms with E-state index in [4.69, 9.17) is 5.10 Å². The fourth-order valence-corrected chi connectivity index (χ4v) is 3.54. The Morgan fingerprint density at radius 2 is 1.68 bits per heavy atom. The second kappa shape index (κ2) is 7.44. The van der Waals surface area contributed by atoms with Crippen molar-refractivity contribution in [3.05, 3.63) is 15.9 Å². The number of aryl methyl sites for hydroxylation is 2. The highest BCUT2D eigenvalue weighted by molar-refractivity contribution is 9.10. The smallest absolute Gasteiger partial charge is 0.0767 e. The van der Waals surface area contributed by atoms with E-state index in [0.29, 0.717) is 0 Å². The van der Waals surface area contributed by atoms with E-state index in [-0.39, 0.29) is 0 Å². The Balaban J connectivity index is 2.09. The quantitative estimate of drug-likeness (QED) is 0.833. The van der Waals surface area contributed by atoms with Gasteiger partial charge in [0, 0.05) is 13.1 Å². The van der Waals surface area contributed by atoms with Gasteiger partial charge < -0.3 is 0 Å². The minimum Gasteiger partial charge on any atom is -0.297 e. The minimum atomic E-state index is 0.960. The summed E-state index contributed by atoms with van der Waals surface area (Å²) < 4.78 is 3.40. The molecule has 0 aromatic carbocycles. The molecule has 1 aliphatic rings. The first-order chi connectivity index (χ1) is 9.26. The van der Waals surface area contributed by atoms with Crippen molar-refractivity contribution < 1.29 is 0 Å². The normalized spacial score (nSPS) is 18.3. The molecule has 1 fully saturated rings. The monoisotopic (exact) mass is 327 g/mol. The number of nitrogens with zero attached hydrogens (tertiary/aromatic N) is 3. The Morgan fingerprint density at radius 1 is 1.05 bits per heavy atom. The van der Waals surface area contributed by atoms with Gasteiger partial charge in [0.05, 0.1) is 15.9 Å².